The van der Waals surface area contributed by atoms with Gasteiger partial charge in [0.2, 0.25) is 0 Å². The molecule has 0 bridgehead atoms. The maximum Gasteiger partial charge on any atom is 0.269 e. The first-order valence-electron chi connectivity index (χ1n) is 20.6. The minimum atomic E-state index is 0. The summed E-state index contributed by atoms with van der Waals surface area (Å²) in [7, 11) is 0. The fraction of sp³-hybridized carbons (Fsp3) is 0.400. The lowest BCUT2D eigenvalue weighted by Crippen LogP contribution is -2.25. The Balaban J connectivity index is 0.00000213. The minimum absolute atomic E-state index is 0. The van der Waals surface area contributed by atoms with Crippen LogP contribution in [0.4, 0.5) is 21.8 Å². The van der Waals surface area contributed by atoms with Gasteiger partial charge in [0.05, 0.1) is 0 Å². The predicted octanol–water partition coefficient (Wildman–Crippen LogP) is 15.3. The van der Waals surface area contributed by atoms with E-state index in [0.717, 1.165) is 0 Å². The Morgan fingerprint density at radius 3 is 1.32 bits per heavy atom. The number of anilines is 3. The van der Waals surface area contributed by atoms with Crippen molar-refractivity contribution in [2.45, 2.75) is 130 Å². The largest absolute Gasteiger partial charge is 0.311 e. The summed E-state index contributed by atoms with van der Waals surface area (Å²) in [5.41, 5.74) is 16.3. The highest BCUT2D eigenvalue weighted by Gasteiger charge is 2.42. The molecule has 0 aromatic heterocycles. The molecule has 3 radical (unpaired) electrons. The SMILES string of the molecule is CCCCCCCCC1(CCCCCCCC)c2cc(C)ccc2-c2ccc(-c3ccc(N(c4ccc(C)cc4)c4ccc(C)cc4)cc3)cc21.[3H]F.[B]. The highest BCUT2D eigenvalue weighted by Crippen LogP contribution is 2.55. The number of unbranched alkanes of at least 4 members (excludes halogenated alkanes) is 10. The van der Waals surface area contributed by atoms with Crippen LogP contribution in [0, 0.1) is 20.8 Å². The molecule has 1 aliphatic carbocycles. The van der Waals surface area contributed by atoms with Crippen LogP contribution in [0.1, 0.15) is 132 Å². The first kappa shape index (κ1) is 40.1. The van der Waals surface area contributed by atoms with Crippen LogP contribution in [-0.4, -0.2) is 9.86 Å². The Morgan fingerprint density at radius 1 is 0.453 bits per heavy atom. The minimum Gasteiger partial charge on any atom is -0.311 e. The molecular formula is C50H62BFN. The van der Waals surface area contributed by atoms with E-state index in [9.17, 15) is 0 Å². The van der Waals surface area contributed by atoms with Gasteiger partial charge in [-0.25, -0.2) is 0 Å². The van der Waals surface area contributed by atoms with Crippen molar-refractivity contribution in [2.24, 2.45) is 0 Å². The standard InChI is InChI=1S/C50H61N.B.FH/c1-6-8-10-12-14-16-34-50(35-17-15-13-11-9-7-2)48-36-40(5)22-32-46(48)47-33-25-42(37-49(47)50)41-23-30-45(31-24-41)51(43-26-18-38(3)19-27-43)44-28-20-39(4)21-29-44;;/h18-33,36-37H,6-17,34-35H2,1-5H3;;1H/i/hT. The van der Waals surface area contributed by atoms with E-state index in [1.165, 1.54) is 146 Å². The summed E-state index contributed by atoms with van der Waals surface area (Å²) in [6.07, 6.45) is 18.6. The van der Waals surface area contributed by atoms with Crippen molar-refractivity contribution in [2.75, 3.05) is 4.90 Å². The van der Waals surface area contributed by atoms with Gasteiger partial charge in [0.1, 0.15) is 0 Å². The molecule has 0 spiro atoms. The Morgan fingerprint density at radius 2 is 0.830 bits per heavy atom. The predicted molar refractivity (Wildman–Crippen MR) is 231 cm³/mol. The van der Waals surface area contributed by atoms with Gasteiger partial charge in [0.25, 0.3) is 1.45 Å². The monoisotopic (exact) mass is 709 g/mol. The zero-order valence-corrected chi connectivity index (χ0v) is 33.2. The third-order valence-electron chi connectivity index (χ3n) is 11.5. The second-order valence-corrected chi connectivity index (χ2v) is 15.5. The highest BCUT2D eigenvalue weighted by molar-refractivity contribution is 5.85. The molecule has 1 nitrogen and oxygen atoms in total. The third kappa shape index (κ3) is 9.72. The molecule has 0 amide bonds. The summed E-state index contributed by atoms with van der Waals surface area (Å²) in [6.45, 7) is 11.2. The van der Waals surface area contributed by atoms with Crippen molar-refractivity contribution in [3.63, 3.8) is 0 Å². The quantitative estimate of drug-likeness (QED) is 0.0647. The van der Waals surface area contributed by atoms with Crippen molar-refractivity contribution in [3.8, 4) is 22.3 Å². The molecule has 0 aliphatic heterocycles. The fourth-order valence-corrected chi connectivity index (χ4v) is 8.50. The van der Waals surface area contributed by atoms with Gasteiger partial charge in [-0.05, 0) is 109 Å². The average Bonchev–Trinajstić information content (AvgIpc) is 3.45. The van der Waals surface area contributed by atoms with Gasteiger partial charge in [0.15, 0.2) is 0 Å². The maximum absolute atomic E-state index is 8.75. The van der Waals surface area contributed by atoms with Crippen molar-refractivity contribution in [3.05, 3.63) is 137 Å². The molecule has 1 aliphatic rings. The topological polar surface area (TPSA) is 3.24 Å². The molecule has 0 heterocycles. The average molecular weight is 709 g/mol. The molecule has 0 atom stereocenters. The second kappa shape index (κ2) is 19.8. The molecule has 277 valence electrons. The highest BCUT2D eigenvalue weighted by atomic mass is 19.0. The number of halogens is 1. The smallest absolute Gasteiger partial charge is 0.269 e. The van der Waals surface area contributed by atoms with Gasteiger partial charge in [-0.1, -0.05) is 174 Å². The van der Waals surface area contributed by atoms with E-state index in [2.05, 4.69) is 150 Å². The van der Waals surface area contributed by atoms with E-state index < -0.39 is 0 Å². The van der Waals surface area contributed by atoms with E-state index in [-0.39, 0.29) is 13.8 Å². The summed E-state index contributed by atoms with van der Waals surface area (Å²) >= 11 is 0. The first-order chi connectivity index (χ1) is 25.9. The van der Waals surface area contributed by atoms with Gasteiger partial charge in [-0.2, -0.15) is 0 Å². The van der Waals surface area contributed by atoms with Gasteiger partial charge < -0.3 is 4.90 Å². The molecule has 6 rings (SSSR count). The molecule has 53 heavy (non-hydrogen) atoms. The van der Waals surface area contributed by atoms with Crippen LogP contribution in [0.25, 0.3) is 22.3 Å². The van der Waals surface area contributed by atoms with Crippen LogP contribution in [0.15, 0.2) is 109 Å². The fourth-order valence-electron chi connectivity index (χ4n) is 8.50. The number of hydrogen-bond acceptors (Lipinski definition) is 1. The number of hydrogen-bond donors (Lipinski definition) is 0. The molecular weight excluding hydrogens is 644 g/mol. The number of aryl methyl sites for hydroxylation is 3. The Hall–Kier alpha value is -4.11. The normalized spacial score (nSPS) is 12.5. The number of fused-ring (bicyclic) bond motifs is 3. The van der Waals surface area contributed by atoms with Crippen molar-refractivity contribution < 1.29 is 4.72 Å². The molecule has 0 saturated heterocycles. The van der Waals surface area contributed by atoms with Gasteiger partial charge in [-0.3, -0.25) is 4.72 Å². The third-order valence-corrected chi connectivity index (χ3v) is 11.5. The maximum atomic E-state index is 8.75. The van der Waals surface area contributed by atoms with Gasteiger partial charge in [0, 0.05) is 30.9 Å². The van der Waals surface area contributed by atoms with Crippen LogP contribution >= 0.6 is 0 Å². The van der Waals surface area contributed by atoms with E-state index in [0.29, 0.717) is 0 Å². The van der Waals surface area contributed by atoms with Crippen molar-refractivity contribution in [1.82, 2.24) is 0 Å². The second-order valence-electron chi connectivity index (χ2n) is 15.5. The Bertz CT molecular complexity index is 1790. The zero-order chi connectivity index (χ0) is 37.6. The van der Waals surface area contributed by atoms with E-state index in [1.807, 2.05) is 0 Å². The van der Waals surface area contributed by atoms with Crippen molar-refractivity contribution in [1.29, 1.82) is 1.45 Å². The van der Waals surface area contributed by atoms with E-state index in [4.69, 9.17) is 4.72 Å². The summed E-state index contributed by atoms with van der Waals surface area (Å²) < 4.78 is 13.0. The lowest BCUT2D eigenvalue weighted by molar-refractivity contribution is 0.398. The Labute approximate surface area is 324 Å². The molecule has 5 aromatic carbocycles. The summed E-state index contributed by atoms with van der Waals surface area (Å²) in [6, 6.07) is 41.7. The summed E-state index contributed by atoms with van der Waals surface area (Å²) in [5, 5.41) is 0. The van der Waals surface area contributed by atoms with Crippen LogP contribution in [-0.2, 0) is 5.41 Å². The number of benzene rings is 5. The number of rotatable bonds is 18. The van der Waals surface area contributed by atoms with Crippen molar-refractivity contribution >= 4 is 25.5 Å². The lowest BCUT2D eigenvalue weighted by atomic mass is 9.70. The lowest BCUT2D eigenvalue weighted by Gasteiger charge is -2.33. The molecule has 0 unspecified atom stereocenters. The molecule has 3 heteroatoms. The van der Waals surface area contributed by atoms with Crippen LogP contribution in [0.2, 0.25) is 0 Å². The summed E-state index contributed by atoms with van der Waals surface area (Å²) in [4.78, 5) is 2.37. The van der Waals surface area contributed by atoms with Crippen LogP contribution in [0.3, 0.4) is 0 Å². The van der Waals surface area contributed by atoms with Crippen LogP contribution in [0.5, 0.6) is 0 Å². The Kier molecular flexibility index (Phi) is 15.0. The molecule has 5 aromatic rings. The van der Waals surface area contributed by atoms with Gasteiger partial charge in [-0.15, -0.1) is 0 Å². The molecule has 0 fully saturated rings. The molecule has 0 saturated carbocycles. The zero-order valence-electron chi connectivity index (χ0n) is 34.2. The number of nitrogens with zero attached hydrogens (tertiary/aromatic N) is 1. The van der Waals surface area contributed by atoms with Crippen LogP contribution < -0.4 is 4.90 Å². The summed E-state index contributed by atoms with van der Waals surface area (Å²) in [5.74, 6) is 0. The van der Waals surface area contributed by atoms with E-state index in [1.54, 1.807) is 11.1 Å². The van der Waals surface area contributed by atoms with Gasteiger partial charge >= 0.3 is 0 Å². The first-order valence-corrected chi connectivity index (χ1v) is 20.2. The van der Waals surface area contributed by atoms with E-state index >= 15 is 0 Å². The molecule has 0 N–H and O–H groups in total.